The molecule has 0 bridgehead atoms. The van der Waals surface area contributed by atoms with Gasteiger partial charge in [0.2, 0.25) is 5.91 Å². The number of likely N-dealkylation sites (N-methyl/N-ethyl adjacent to an activating group) is 1. The van der Waals surface area contributed by atoms with E-state index in [-0.39, 0.29) is 36.4 Å². The molecule has 0 aromatic heterocycles. The zero-order valence-electron chi connectivity index (χ0n) is 14.5. The lowest BCUT2D eigenvalue weighted by Gasteiger charge is -2.15. The van der Waals surface area contributed by atoms with E-state index in [9.17, 15) is 4.79 Å². The second kappa shape index (κ2) is 12.2. The normalized spacial score (nSPS) is 10.9. The van der Waals surface area contributed by atoms with Gasteiger partial charge in [-0.3, -0.25) is 4.79 Å². The molecule has 0 aliphatic carbocycles. The first-order valence-electron chi connectivity index (χ1n) is 7.75. The Morgan fingerprint density at radius 1 is 1.17 bits per heavy atom. The fourth-order valence-corrected chi connectivity index (χ4v) is 1.72. The first-order valence-corrected chi connectivity index (χ1v) is 7.75. The van der Waals surface area contributed by atoms with Crippen LogP contribution in [0.1, 0.15) is 25.8 Å². The average molecular weight is 432 g/mol. The van der Waals surface area contributed by atoms with Gasteiger partial charge in [-0.2, -0.15) is 0 Å². The molecule has 0 fully saturated rings. The van der Waals surface area contributed by atoms with E-state index in [4.69, 9.17) is 0 Å². The maximum atomic E-state index is 11.7. The van der Waals surface area contributed by atoms with Crippen molar-refractivity contribution in [2.24, 2.45) is 10.9 Å². The van der Waals surface area contributed by atoms with Gasteiger partial charge in [-0.25, -0.2) is 4.99 Å². The molecule has 2 N–H and O–H groups in total. The fraction of sp³-hybridized carbons (Fsp3) is 0.529. The molecule has 1 amide bonds. The van der Waals surface area contributed by atoms with Gasteiger partial charge in [0.05, 0.1) is 13.1 Å². The van der Waals surface area contributed by atoms with E-state index in [1.165, 1.54) is 0 Å². The van der Waals surface area contributed by atoms with E-state index in [2.05, 4.69) is 29.5 Å². The number of hydrogen-bond donors (Lipinski definition) is 2. The fourth-order valence-electron chi connectivity index (χ4n) is 1.72. The van der Waals surface area contributed by atoms with Crippen LogP contribution in [0.5, 0.6) is 0 Å². The molecule has 0 aliphatic rings. The van der Waals surface area contributed by atoms with Crippen LogP contribution in [0.3, 0.4) is 0 Å². The van der Waals surface area contributed by atoms with E-state index >= 15 is 0 Å². The largest absolute Gasteiger partial charge is 0.356 e. The van der Waals surface area contributed by atoms with Crippen LogP contribution >= 0.6 is 24.0 Å². The van der Waals surface area contributed by atoms with E-state index in [1.54, 1.807) is 19.0 Å². The average Bonchev–Trinajstić information content (AvgIpc) is 2.49. The molecule has 0 spiro atoms. The Balaban J connectivity index is 0.00000484. The molecule has 1 aromatic carbocycles. The summed E-state index contributed by atoms with van der Waals surface area (Å²) in [5, 5.41) is 6.38. The number of guanidine groups is 1. The number of nitrogens with one attached hydrogen (secondary N) is 2. The maximum Gasteiger partial charge on any atom is 0.241 e. The highest BCUT2D eigenvalue weighted by molar-refractivity contribution is 14.0. The summed E-state index contributed by atoms with van der Waals surface area (Å²) in [6.07, 6.45) is 1.06. The van der Waals surface area contributed by atoms with Crippen LogP contribution < -0.4 is 10.6 Å². The molecule has 23 heavy (non-hydrogen) atoms. The Morgan fingerprint density at radius 2 is 1.83 bits per heavy atom. The van der Waals surface area contributed by atoms with Crippen LogP contribution in [0.2, 0.25) is 0 Å². The van der Waals surface area contributed by atoms with Crippen molar-refractivity contribution in [1.29, 1.82) is 0 Å². The Bertz CT molecular complexity index is 475. The van der Waals surface area contributed by atoms with Gasteiger partial charge in [0.15, 0.2) is 5.96 Å². The topological polar surface area (TPSA) is 56.7 Å². The lowest BCUT2D eigenvalue weighted by atomic mass is 10.1. The standard InChI is InChI=1S/C17H28N4O.HI/c1-14(2)10-11-18-17(20-13-16(22)21(3)4)19-12-15-8-6-5-7-9-15;/h5-9,14H,10-13H2,1-4H3,(H2,18,19,20);1H. The molecule has 0 heterocycles. The maximum absolute atomic E-state index is 11.7. The molecule has 130 valence electrons. The van der Waals surface area contributed by atoms with Crippen molar-refractivity contribution in [2.45, 2.75) is 26.8 Å². The van der Waals surface area contributed by atoms with Gasteiger partial charge in [-0.1, -0.05) is 44.2 Å². The van der Waals surface area contributed by atoms with Crippen molar-refractivity contribution in [2.75, 3.05) is 27.2 Å². The van der Waals surface area contributed by atoms with Crippen molar-refractivity contribution >= 4 is 35.8 Å². The number of aliphatic imine (C=N–C) groups is 1. The number of carbonyl (C=O) groups excluding carboxylic acids is 1. The predicted octanol–water partition coefficient (Wildman–Crippen LogP) is 2.47. The van der Waals surface area contributed by atoms with Crippen molar-refractivity contribution < 1.29 is 4.79 Å². The van der Waals surface area contributed by atoms with Crippen LogP contribution in [0, 0.1) is 5.92 Å². The van der Waals surface area contributed by atoms with Gasteiger partial charge in [0.25, 0.3) is 0 Å². The Morgan fingerprint density at radius 3 is 2.39 bits per heavy atom. The molecule has 1 rings (SSSR count). The first-order chi connectivity index (χ1) is 10.5. The number of hydrogen-bond acceptors (Lipinski definition) is 2. The number of carbonyl (C=O) groups is 1. The van der Waals surface area contributed by atoms with E-state index in [0.717, 1.165) is 18.5 Å². The number of amides is 1. The summed E-state index contributed by atoms with van der Waals surface area (Å²) < 4.78 is 0. The summed E-state index contributed by atoms with van der Waals surface area (Å²) in [7, 11) is 3.49. The second-order valence-corrected chi connectivity index (χ2v) is 5.90. The van der Waals surface area contributed by atoms with E-state index < -0.39 is 0 Å². The molecule has 0 saturated carbocycles. The smallest absolute Gasteiger partial charge is 0.241 e. The summed E-state index contributed by atoms with van der Waals surface area (Å²) in [6, 6.07) is 10.1. The number of rotatable bonds is 7. The molecular weight excluding hydrogens is 403 g/mol. The SMILES string of the molecule is CC(C)CCNC(=NCc1ccccc1)NCC(=O)N(C)C.I. The number of halogens is 1. The van der Waals surface area contributed by atoms with Gasteiger partial charge >= 0.3 is 0 Å². The van der Waals surface area contributed by atoms with Crippen molar-refractivity contribution in [3.8, 4) is 0 Å². The lowest BCUT2D eigenvalue weighted by Crippen LogP contribution is -2.43. The third-order valence-corrected chi connectivity index (χ3v) is 3.18. The molecular formula is C17H29IN4O. The Labute approximate surface area is 157 Å². The highest BCUT2D eigenvalue weighted by Gasteiger charge is 2.06. The summed E-state index contributed by atoms with van der Waals surface area (Å²) in [5.74, 6) is 1.34. The van der Waals surface area contributed by atoms with Crippen LogP contribution in [0.4, 0.5) is 0 Å². The Hall–Kier alpha value is -1.31. The monoisotopic (exact) mass is 432 g/mol. The third kappa shape index (κ3) is 10.1. The summed E-state index contributed by atoms with van der Waals surface area (Å²) in [5.41, 5.74) is 1.14. The predicted molar refractivity (Wildman–Crippen MR) is 107 cm³/mol. The van der Waals surface area contributed by atoms with Gasteiger partial charge in [0.1, 0.15) is 0 Å². The quantitative estimate of drug-likeness (QED) is 0.396. The van der Waals surface area contributed by atoms with E-state index in [1.807, 2.05) is 30.3 Å². The first kappa shape index (κ1) is 21.7. The van der Waals surface area contributed by atoms with Gasteiger partial charge in [-0.05, 0) is 17.9 Å². The summed E-state index contributed by atoms with van der Waals surface area (Å²) in [4.78, 5) is 17.8. The lowest BCUT2D eigenvalue weighted by molar-refractivity contribution is -0.127. The van der Waals surface area contributed by atoms with Gasteiger partial charge in [0, 0.05) is 20.6 Å². The molecule has 0 aliphatic heterocycles. The molecule has 1 aromatic rings. The molecule has 0 saturated heterocycles. The molecule has 0 atom stereocenters. The zero-order valence-corrected chi connectivity index (χ0v) is 16.8. The highest BCUT2D eigenvalue weighted by atomic mass is 127. The van der Waals surface area contributed by atoms with Crippen LogP contribution in [0.15, 0.2) is 35.3 Å². The van der Waals surface area contributed by atoms with Crippen LogP contribution in [-0.4, -0.2) is 44.0 Å². The highest BCUT2D eigenvalue weighted by Crippen LogP contribution is 2.00. The number of benzene rings is 1. The van der Waals surface area contributed by atoms with Crippen molar-refractivity contribution in [3.05, 3.63) is 35.9 Å². The zero-order chi connectivity index (χ0) is 16.4. The van der Waals surface area contributed by atoms with E-state index in [0.29, 0.717) is 18.4 Å². The minimum Gasteiger partial charge on any atom is -0.356 e. The van der Waals surface area contributed by atoms with Crippen molar-refractivity contribution in [1.82, 2.24) is 15.5 Å². The third-order valence-electron chi connectivity index (χ3n) is 3.18. The summed E-state index contributed by atoms with van der Waals surface area (Å²) >= 11 is 0. The Kier molecular flexibility index (Phi) is 11.5. The van der Waals surface area contributed by atoms with Crippen LogP contribution in [0.25, 0.3) is 0 Å². The van der Waals surface area contributed by atoms with Gasteiger partial charge < -0.3 is 15.5 Å². The van der Waals surface area contributed by atoms with Crippen LogP contribution in [-0.2, 0) is 11.3 Å². The minimum atomic E-state index is 0. The summed E-state index contributed by atoms with van der Waals surface area (Å²) in [6.45, 7) is 6.05. The molecule has 0 unspecified atom stereocenters. The van der Waals surface area contributed by atoms with Gasteiger partial charge in [-0.15, -0.1) is 24.0 Å². The van der Waals surface area contributed by atoms with Crippen molar-refractivity contribution in [3.63, 3.8) is 0 Å². The molecule has 6 heteroatoms. The number of nitrogens with zero attached hydrogens (tertiary/aromatic N) is 2. The molecule has 0 radical (unpaired) electrons. The minimum absolute atomic E-state index is 0. The second-order valence-electron chi connectivity index (χ2n) is 5.90. The molecule has 5 nitrogen and oxygen atoms in total.